The van der Waals surface area contributed by atoms with Crippen LogP contribution in [0, 0.1) is 0 Å². The van der Waals surface area contributed by atoms with Gasteiger partial charge in [-0.25, -0.2) is 5.43 Å². The summed E-state index contributed by atoms with van der Waals surface area (Å²) in [5.41, 5.74) is 5.00. The zero-order valence-corrected chi connectivity index (χ0v) is 18.2. The van der Waals surface area contributed by atoms with Gasteiger partial charge in [0.2, 0.25) is 0 Å². The molecule has 1 fully saturated rings. The minimum Gasteiger partial charge on any atom is -0.297 e. The largest absolute Gasteiger partial charge is 0.416 e. The van der Waals surface area contributed by atoms with Crippen molar-refractivity contribution < 1.29 is 18.0 Å². The molecule has 0 atom stereocenters. The quantitative estimate of drug-likeness (QED) is 0.494. The maximum Gasteiger partial charge on any atom is 0.416 e. The first-order valence-electron chi connectivity index (χ1n) is 10.8. The standard InChI is InChI=1S/C24H29F3N4O/c1-2-4-19-5-3-6-21(15-19)16-28-29-23(32)18-31-13-11-30(12-14-31)17-20-7-9-22(10-8-20)24(25,26)27/h3,5-10,15-16H,2,4,11-14,17-18H2,1H3,(H,29,32)/b28-16+. The predicted molar refractivity (Wildman–Crippen MR) is 119 cm³/mol. The molecule has 1 aliphatic heterocycles. The second kappa shape index (κ2) is 11.2. The van der Waals surface area contributed by atoms with Crippen LogP contribution in [-0.4, -0.2) is 54.6 Å². The molecule has 0 bridgehead atoms. The van der Waals surface area contributed by atoms with Crippen LogP contribution in [0.5, 0.6) is 0 Å². The van der Waals surface area contributed by atoms with E-state index >= 15 is 0 Å². The Morgan fingerprint density at radius 1 is 1.03 bits per heavy atom. The Morgan fingerprint density at radius 2 is 1.72 bits per heavy atom. The van der Waals surface area contributed by atoms with Crippen LogP contribution >= 0.6 is 0 Å². The molecule has 3 rings (SSSR count). The maximum absolute atomic E-state index is 12.7. The summed E-state index contributed by atoms with van der Waals surface area (Å²) in [5, 5.41) is 4.06. The fourth-order valence-electron chi connectivity index (χ4n) is 3.70. The van der Waals surface area contributed by atoms with Gasteiger partial charge in [0.25, 0.3) is 5.91 Å². The molecule has 8 heteroatoms. The second-order valence-electron chi connectivity index (χ2n) is 8.04. The number of hydrogen-bond acceptors (Lipinski definition) is 4. The number of alkyl halides is 3. The summed E-state index contributed by atoms with van der Waals surface area (Å²) in [6, 6.07) is 13.4. The Hall–Kier alpha value is -2.71. The van der Waals surface area contributed by atoms with Gasteiger partial charge in [-0.2, -0.15) is 18.3 Å². The smallest absolute Gasteiger partial charge is 0.297 e. The highest BCUT2D eigenvalue weighted by Gasteiger charge is 2.30. The molecule has 2 aromatic carbocycles. The number of hydrazone groups is 1. The van der Waals surface area contributed by atoms with Gasteiger partial charge >= 0.3 is 6.18 Å². The third kappa shape index (κ3) is 7.46. The summed E-state index contributed by atoms with van der Waals surface area (Å²) in [6.45, 7) is 5.94. The van der Waals surface area contributed by atoms with Crippen molar-refractivity contribution in [2.45, 2.75) is 32.5 Å². The number of rotatable bonds is 8. The average Bonchev–Trinajstić information content (AvgIpc) is 2.75. The van der Waals surface area contributed by atoms with Crippen LogP contribution in [0.4, 0.5) is 13.2 Å². The van der Waals surface area contributed by atoms with Crippen LogP contribution in [0.15, 0.2) is 53.6 Å². The summed E-state index contributed by atoms with van der Waals surface area (Å²) in [4.78, 5) is 16.4. The van der Waals surface area contributed by atoms with Gasteiger partial charge in [-0.05, 0) is 35.2 Å². The van der Waals surface area contributed by atoms with Crippen LogP contribution in [0.1, 0.15) is 35.6 Å². The van der Waals surface area contributed by atoms with Crippen LogP contribution in [0.3, 0.4) is 0 Å². The number of hydrogen-bond donors (Lipinski definition) is 1. The number of piperazine rings is 1. The van der Waals surface area contributed by atoms with E-state index in [1.807, 2.05) is 12.1 Å². The molecule has 0 aromatic heterocycles. The fourth-order valence-corrected chi connectivity index (χ4v) is 3.70. The van der Waals surface area contributed by atoms with Gasteiger partial charge in [0, 0.05) is 32.7 Å². The van der Waals surface area contributed by atoms with Gasteiger partial charge in [-0.15, -0.1) is 0 Å². The molecule has 32 heavy (non-hydrogen) atoms. The van der Waals surface area contributed by atoms with E-state index in [4.69, 9.17) is 0 Å². The number of carbonyl (C=O) groups is 1. The number of aryl methyl sites for hydroxylation is 1. The van der Waals surface area contributed by atoms with Crippen molar-refractivity contribution in [1.29, 1.82) is 0 Å². The SMILES string of the molecule is CCCc1cccc(/C=N/NC(=O)CN2CCN(Cc3ccc(C(F)(F)F)cc3)CC2)c1. The molecule has 0 spiro atoms. The fraction of sp³-hybridized carbons (Fsp3) is 0.417. The van der Waals surface area contributed by atoms with Gasteiger partial charge in [0.15, 0.2) is 0 Å². The molecule has 172 valence electrons. The summed E-state index contributed by atoms with van der Waals surface area (Å²) in [7, 11) is 0. The monoisotopic (exact) mass is 446 g/mol. The van der Waals surface area contributed by atoms with Crippen molar-refractivity contribution >= 4 is 12.1 Å². The van der Waals surface area contributed by atoms with Crippen LogP contribution in [0.25, 0.3) is 0 Å². The van der Waals surface area contributed by atoms with Crippen molar-refractivity contribution in [1.82, 2.24) is 15.2 Å². The molecule has 1 aliphatic rings. The van der Waals surface area contributed by atoms with E-state index in [-0.39, 0.29) is 12.5 Å². The Kier molecular flexibility index (Phi) is 8.41. The number of amides is 1. The van der Waals surface area contributed by atoms with E-state index in [1.165, 1.54) is 17.7 Å². The molecule has 1 heterocycles. The van der Waals surface area contributed by atoms with E-state index in [9.17, 15) is 18.0 Å². The van der Waals surface area contributed by atoms with Gasteiger partial charge < -0.3 is 0 Å². The summed E-state index contributed by atoms with van der Waals surface area (Å²) < 4.78 is 38.0. The first kappa shape index (κ1) is 23.9. The minimum atomic E-state index is -4.31. The number of nitrogens with one attached hydrogen (secondary N) is 1. The highest BCUT2D eigenvalue weighted by Crippen LogP contribution is 2.29. The lowest BCUT2D eigenvalue weighted by Crippen LogP contribution is -2.48. The molecular weight excluding hydrogens is 417 g/mol. The highest BCUT2D eigenvalue weighted by atomic mass is 19.4. The summed E-state index contributed by atoms with van der Waals surface area (Å²) in [6.07, 6.45) is -0.569. The Labute approximate surface area is 186 Å². The normalized spacial score (nSPS) is 15.9. The third-order valence-corrected chi connectivity index (χ3v) is 5.41. The Morgan fingerprint density at radius 3 is 2.38 bits per heavy atom. The van der Waals surface area contributed by atoms with E-state index in [0.29, 0.717) is 6.54 Å². The van der Waals surface area contributed by atoms with E-state index < -0.39 is 11.7 Å². The van der Waals surface area contributed by atoms with E-state index in [2.05, 4.69) is 39.4 Å². The molecule has 2 aromatic rings. The van der Waals surface area contributed by atoms with Crippen LogP contribution < -0.4 is 5.43 Å². The zero-order valence-electron chi connectivity index (χ0n) is 18.2. The predicted octanol–water partition coefficient (Wildman–Crippen LogP) is 3.93. The number of nitrogens with zero attached hydrogens (tertiary/aromatic N) is 3. The molecule has 1 N–H and O–H groups in total. The first-order valence-corrected chi connectivity index (χ1v) is 10.8. The van der Waals surface area contributed by atoms with Gasteiger partial charge in [-0.3, -0.25) is 14.6 Å². The Balaban J connectivity index is 1.39. The van der Waals surface area contributed by atoms with Crippen LogP contribution in [-0.2, 0) is 23.9 Å². The zero-order chi connectivity index (χ0) is 23.0. The topological polar surface area (TPSA) is 47.9 Å². The highest BCUT2D eigenvalue weighted by molar-refractivity contribution is 5.83. The molecular formula is C24H29F3N4O. The first-order chi connectivity index (χ1) is 15.3. The van der Waals surface area contributed by atoms with Gasteiger partial charge in [-0.1, -0.05) is 49.7 Å². The molecule has 0 aliphatic carbocycles. The molecule has 0 radical (unpaired) electrons. The van der Waals surface area contributed by atoms with Crippen molar-refractivity contribution in [2.75, 3.05) is 32.7 Å². The number of halogens is 3. The van der Waals surface area contributed by atoms with E-state index in [1.54, 1.807) is 6.21 Å². The number of carbonyl (C=O) groups excluding carboxylic acids is 1. The molecule has 5 nitrogen and oxygen atoms in total. The average molecular weight is 447 g/mol. The molecule has 0 unspecified atom stereocenters. The molecule has 1 saturated heterocycles. The van der Waals surface area contributed by atoms with E-state index in [0.717, 1.165) is 62.3 Å². The van der Waals surface area contributed by atoms with Crippen LogP contribution in [0.2, 0.25) is 0 Å². The lowest BCUT2D eigenvalue weighted by Gasteiger charge is -2.34. The van der Waals surface area contributed by atoms with Gasteiger partial charge in [0.1, 0.15) is 0 Å². The maximum atomic E-state index is 12.7. The lowest BCUT2D eigenvalue weighted by atomic mass is 10.1. The van der Waals surface area contributed by atoms with Crippen molar-refractivity contribution in [3.05, 3.63) is 70.8 Å². The molecule has 0 saturated carbocycles. The van der Waals surface area contributed by atoms with Crippen molar-refractivity contribution in [2.24, 2.45) is 5.10 Å². The van der Waals surface area contributed by atoms with Crippen molar-refractivity contribution in [3.8, 4) is 0 Å². The Bertz CT molecular complexity index is 904. The summed E-state index contributed by atoms with van der Waals surface area (Å²) >= 11 is 0. The second-order valence-corrected chi connectivity index (χ2v) is 8.04. The molecule has 1 amide bonds. The lowest BCUT2D eigenvalue weighted by molar-refractivity contribution is -0.137. The minimum absolute atomic E-state index is 0.165. The summed E-state index contributed by atoms with van der Waals surface area (Å²) in [5.74, 6) is -0.165. The van der Waals surface area contributed by atoms with Gasteiger partial charge in [0.05, 0.1) is 18.3 Å². The number of benzene rings is 2. The van der Waals surface area contributed by atoms with Crippen molar-refractivity contribution in [3.63, 3.8) is 0 Å². The third-order valence-electron chi connectivity index (χ3n) is 5.41.